The Balaban J connectivity index is 1.53. The van der Waals surface area contributed by atoms with Gasteiger partial charge >= 0.3 is 0 Å². The van der Waals surface area contributed by atoms with Gasteiger partial charge in [-0.05, 0) is 49.9 Å². The average Bonchev–Trinajstić information content (AvgIpc) is 2.61. The third kappa shape index (κ3) is 6.60. The molecular formula is C22H34N4O2. The van der Waals surface area contributed by atoms with Crippen molar-refractivity contribution in [3.8, 4) is 0 Å². The summed E-state index contributed by atoms with van der Waals surface area (Å²) < 4.78 is 0. The van der Waals surface area contributed by atoms with Gasteiger partial charge in [0.2, 0.25) is 11.8 Å². The highest BCUT2D eigenvalue weighted by molar-refractivity contribution is 5.73. The number of nitrogens with zero attached hydrogens (tertiary/aromatic N) is 2. The van der Waals surface area contributed by atoms with Crippen molar-refractivity contribution in [3.05, 3.63) is 35.4 Å². The van der Waals surface area contributed by atoms with E-state index in [0.717, 1.165) is 65.0 Å². The smallest absolute Gasteiger partial charge is 0.217 e. The predicted molar refractivity (Wildman–Crippen MR) is 111 cm³/mol. The minimum atomic E-state index is 0.0629. The fourth-order valence-electron chi connectivity index (χ4n) is 4.55. The maximum atomic E-state index is 11.3. The van der Waals surface area contributed by atoms with Crippen LogP contribution >= 0.6 is 0 Å². The lowest BCUT2D eigenvalue weighted by molar-refractivity contribution is -0.120. The van der Waals surface area contributed by atoms with Gasteiger partial charge < -0.3 is 10.6 Å². The van der Waals surface area contributed by atoms with E-state index in [1.807, 2.05) is 0 Å². The molecule has 2 amide bonds. The first-order valence-electron chi connectivity index (χ1n) is 10.5. The lowest BCUT2D eigenvalue weighted by atomic mass is 10.0. The fraction of sp³-hybridized carbons (Fsp3) is 0.636. The highest BCUT2D eigenvalue weighted by atomic mass is 16.2. The van der Waals surface area contributed by atoms with Crippen LogP contribution in [-0.2, 0) is 22.7 Å². The molecule has 0 radical (unpaired) electrons. The Labute approximate surface area is 168 Å². The summed E-state index contributed by atoms with van der Waals surface area (Å²) in [6.45, 7) is 9.08. The van der Waals surface area contributed by atoms with E-state index in [2.05, 4.69) is 44.7 Å². The summed E-state index contributed by atoms with van der Waals surface area (Å²) in [5.74, 6) is 0.126. The largest absolute Gasteiger partial charge is 0.352 e. The van der Waals surface area contributed by atoms with Crippen LogP contribution in [0.5, 0.6) is 0 Å². The molecule has 2 unspecified atom stereocenters. The predicted octanol–water partition coefficient (Wildman–Crippen LogP) is 1.89. The van der Waals surface area contributed by atoms with Crippen LogP contribution < -0.4 is 10.6 Å². The second-order valence-corrected chi connectivity index (χ2v) is 8.37. The van der Waals surface area contributed by atoms with Crippen molar-refractivity contribution >= 4 is 11.8 Å². The van der Waals surface area contributed by atoms with Crippen LogP contribution in [0.1, 0.15) is 50.7 Å². The number of carbonyl (C=O) groups excluding carboxylic acids is 2. The first-order chi connectivity index (χ1) is 13.5. The molecule has 1 aromatic carbocycles. The van der Waals surface area contributed by atoms with E-state index in [1.165, 1.54) is 11.1 Å². The van der Waals surface area contributed by atoms with E-state index in [1.54, 1.807) is 13.8 Å². The van der Waals surface area contributed by atoms with Gasteiger partial charge in [-0.25, -0.2) is 0 Å². The number of carbonyl (C=O) groups is 2. The van der Waals surface area contributed by atoms with Gasteiger partial charge in [-0.15, -0.1) is 0 Å². The van der Waals surface area contributed by atoms with Crippen molar-refractivity contribution in [2.75, 3.05) is 26.2 Å². The van der Waals surface area contributed by atoms with Crippen LogP contribution in [0.15, 0.2) is 24.3 Å². The molecule has 0 saturated carbocycles. The Morgan fingerprint density at radius 2 is 1.36 bits per heavy atom. The Hall–Kier alpha value is -1.92. The third-order valence-corrected chi connectivity index (χ3v) is 5.63. The summed E-state index contributed by atoms with van der Waals surface area (Å²) in [4.78, 5) is 27.6. The van der Waals surface area contributed by atoms with Gasteiger partial charge in [0.05, 0.1) is 0 Å². The molecule has 2 atom stereocenters. The summed E-state index contributed by atoms with van der Waals surface area (Å²) in [5, 5.41) is 6.13. The highest BCUT2D eigenvalue weighted by Crippen LogP contribution is 2.17. The number of piperidine rings is 2. The molecule has 0 aromatic heterocycles. The van der Waals surface area contributed by atoms with Crippen LogP contribution in [-0.4, -0.2) is 59.9 Å². The molecule has 6 nitrogen and oxygen atoms in total. The van der Waals surface area contributed by atoms with Crippen LogP contribution in [0.2, 0.25) is 0 Å². The number of amides is 2. The topological polar surface area (TPSA) is 64.7 Å². The van der Waals surface area contributed by atoms with Crippen molar-refractivity contribution in [2.24, 2.45) is 0 Å². The Kier molecular flexibility index (Phi) is 7.45. The fourth-order valence-corrected chi connectivity index (χ4v) is 4.55. The summed E-state index contributed by atoms with van der Waals surface area (Å²) in [6, 6.07) is 9.39. The average molecular weight is 387 g/mol. The third-order valence-electron chi connectivity index (χ3n) is 5.63. The Morgan fingerprint density at radius 3 is 1.79 bits per heavy atom. The van der Waals surface area contributed by atoms with E-state index in [4.69, 9.17) is 0 Å². The standard InChI is InChI=1S/C22H34N4O2/c1-17(27)23-21-8-4-10-25(15-21)13-19-6-3-7-20(12-19)14-26-11-5-9-22(16-26)24-18(2)28/h3,6-7,12,21-22H,4-5,8-11,13-16H2,1-2H3,(H,23,27)(H,24,28). The van der Waals surface area contributed by atoms with Gasteiger partial charge in [-0.3, -0.25) is 19.4 Å². The summed E-state index contributed by atoms with van der Waals surface area (Å²) in [5.41, 5.74) is 2.66. The molecule has 2 N–H and O–H groups in total. The van der Waals surface area contributed by atoms with Gasteiger partial charge in [0, 0.05) is 52.1 Å². The number of likely N-dealkylation sites (tertiary alicyclic amines) is 2. The molecule has 2 aliphatic rings. The van der Waals surface area contributed by atoms with Crippen LogP contribution in [0, 0.1) is 0 Å². The van der Waals surface area contributed by atoms with Crippen molar-refractivity contribution in [2.45, 2.75) is 64.7 Å². The minimum absolute atomic E-state index is 0.0629. The van der Waals surface area contributed by atoms with Crippen LogP contribution in [0.25, 0.3) is 0 Å². The molecule has 1 aromatic rings. The van der Waals surface area contributed by atoms with Gasteiger partial charge in [0.15, 0.2) is 0 Å². The molecule has 0 spiro atoms. The molecule has 154 valence electrons. The van der Waals surface area contributed by atoms with E-state index >= 15 is 0 Å². The maximum Gasteiger partial charge on any atom is 0.217 e. The number of rotatable bonds is 6. The first kappa shape index (κ1) is 20.8. The zero-order valence-corrected chi connectivity index (χ0v) is 17.2. The van der Waals surface area contributed by atoms with Crippen LogP contribution in [0.4, 0.5) is 0 Å². The van der Waals surface area contributed by atoms with Gasteiger partial charge in [-0.1, -0.05) is 24.3 Å². The number of benzene rings is 1. The van der Waals surface area contributed by atoms with E-state index < -0.39 is 0 Å². The second-order valence-electron chi connectivity index (χ2n) is 8.37. The molecule has 2 saturated heterocycles. The molecule has 0 bridgehead atoms. The summed E-state index contributed by atoms with van der Waals surface area (Å²) in [7, 11) is 0. The quantitative estimate of drug-likeness (QED) is 0.784. The van der Waals surface area contributed by atoms with Gasteiger partial charge in [0.1, 0.15) is 0 Å². The highest BCUT2D eigenvalue weighted by Gasteiger charge is 2.22. The molecule has 2 heterocycles. The van der Waals surface area contributed by atoms with Crippen molar-refractivity contribution in [1.82, 2.24) is 20.4 Å². The Morgan fingerprint density at radius 1 is 0.893 bits per heavy atom. The molecule has 28 heavy (non-hydrogen) atoms. The molecule has 2 fully saturated rings. The minimum Gasteiger partial charge on any atom is -0.352 e. The SMILES string of the molecule is CC(=O)NC1CCCN(Cc2cccc(CN3CCCC(NC(C)=O)C3)c2)C1. The first-order valence-corrected chi connectivity index (χ1v) is 10.5. The molecular weight excluding hydrogens is 352 g/mol. The van der Waals surface area contributed by atoms with Crippen molar-refractivity contribution < 1.29 is 9.59 Å². The van der Waals surface area contributed by atoms with Crippen LogP contribution in [0.3, 0.4) is 0 Å². The molecule has 3 rings (SSSR count). The van der Waals surface area contributed by atoms with E-state index in [9.17, 15) is 9.59 Å². The molecule has 0 aliphatic carbocycles. The normalized spacial score (nSPS) is 23.9. The monoisotopic (exact) mass is 386 g/mol. The number of hydrogen-bond donors (Lipinski definition) is 2. The molecule has 6 heteroatoms. The number of nitrogens with one attached hydrogen (secondary N) is 2. The van der Waals surface area contributed by atoms with E-state index in [0.29, 0.717) is 0 Å². The zero-order valence-electron chi connectivity index (χ0n) is 17.2. The summed E-state index contributed by atoms with van der Waals surface area (Å²) >= 11 is 0. The zero-order chi connectivity index (χ0) is 19.9. The Bertz CT molecular complexity index is 625. The van der Waals surface area contributed by atoms with Gasteiger partial charge in [0.25, 0.3) is 0 Å². The second kappa shape index (κ2) is 10.0. The van der Waals surface area contributed by atoms with Crippen molar-refractivity contribution in [3.63, 3.8) is 0 Å². The number of hydrogen-bond acceptors (Lipinski definition) is 4. The maximum absolute atomic E-state index is 11.3. The lowest BCUT2D eigenvalue weighted by Gasteiger charge is -2.34. The van der Waals surface area contributed by atoms with E-state index in [-0.39, 0.29) is 23.9 Å². The lowest BCUT2D eigenvalue weighted by Crippen LogP contribution is -2.47. The molecule has 2 aliphatic heterocycles. The summed E-state index contributed by atoms with van der Waals surface area (Å²) in [6.07, 6.45) is 4.40. The van der Waals surface area contributed by atoms with Crippen molar-refractivity contribution in [1.29, 1.82) is 0 Å². The van der Waals surface area contributed by atoms with Gasteiger partial charge in [-0.2, -0.15) is 0 Å².